The van der Waals surface area contributed by atoms with Gasteiger partial charge in [0.1, 0.15) is 6.33 Å². The van der Waals surface area contributed by atoms with Crippen LogP contribution in [0.3, 0.4) is 0 Å². The van der Waals surface area contributed by atoms with Crippen LogP contribution >= 0.6 is 11.6 Å². The van der Waals surface area contributed by atoms with E-state index in [-0.39, 0.29) is 0 Å². The van der Waals surface area contributed by atoms with E-state index in [9.17, 15) is 4.79 Å². The molecule has 2 aromatic rings. The Morgan fingerprint density at radius 1 is 1.67 bits per heavy atom. The predicted molar refractivity (Wildman–Crippen MR) is 56.2 cm³/mol. The molecule has 0 N–H and O–H groups in total. The Bertz CT molecular complexity index is 507. The van der Waals surface area contributed by atoms with Crippen LogP contribution in [0, 0.1) is 0 Å². The maximum absolute atomic E-state index is 11.5. The van der Waals surface area contributed by atoms with Crippen molar-refractivity contribution in [3.05, 3.63) is 35.4 Å². The van der Waals surface area contributed by atoms with Crippen LogP contribution in [0.1, 0.15) is 17.4 Å². The van der Waals surface area contributed by atoms with E-state index in [0.29, 0.717) is 22.8 Å². The minimum Gasteiger partial charge on any atom is -0.461 e. The van der Waals surface area contributed by atoms with Gasteiger partial charge in [-0.15, -0.1) is 0 Å². The van der Waals surface area contributed by atoms with Gasteiger partial charge in [0.2, 0.25) is 0 Å². The van der Waals surface area contributed by atoms with Crippen molar-refractivity contribution in [3.8, 4) is 0 Å². The zero-order valence-electron chi connectivity index (χ0n) is 8.11. The molecule has 0 bridgehead atoms. The Balaban J connectivity index is 2.52. The summed E-state index contributed by atoms with van der Waals surface area (Å²) >= 11 is 5.84. The first-order chi connectivity index (χ1) is 7.22. The van der Waals surface area contributed by atoms with Crippen LogP contribution in [-0.2, 0) is 4.74 Å². The molecular formula is C10H9ClN2O2. The van der Waals surface area contributed by atoms with Gasteiger partial charge in [0.25, 0.3) is 0 Å². The van der Waals surface area contributed by atoms with Gasteiger partial charge in [-0.1, -0.05) is 11.6 Å². The zero-order valence-corrected chi connectivity index (χ0v) is 8.86. The summed E-state index contributed by atoms with van der Waals surface area (Å²) in [7, 11) is 0. The topological polar surface area (TPSA) is 43.6 Å². The fourth-order valence-electron chi connectivity index (χ4n) is 1.32. The van der Waals surface area contributed by atoms with Crippen molar-refractivity contribution in [2.45, 2.75) is 6.92 Å². The summed E-state index contributed by atoms with van der Waals surface area (Å²) in [5.41, 5.74) is 0.945. The lowest BCUT2D eigenvalue weighted by Crippen LogP contribution is -2.05. The summed E-state index contributed by atoms with van der Waals surface area (Å²) < 4.78 is 6.60. The number of carbonyl (C=O) groups excluding carboxylic acids is 1. The Hall–Kier alpha value is -1.55. The highest BCUT2D eigenvalue weighted by Crippen LogP contribution is 2.16. The third-order valence-corrected chi connectivity index (χ3v) is 2.20. The van der Waals surface area contributed by atoms with Crippen LogP contribution < -0.4 is 0 Å². The Morgan fingerprint density at radius 3 is 3.20 bits per heavy atom. The highest BCUT2D eigenvalue weighted by molar-refractivity contribution is 6.31. The number of rotatable bonds is 2. The number of ether oxygens (including phenoxy) is 1. The second-order valence-electron chi connectivity index (χ2n) is 2.95. The van der Waals surface area contributed by atoms with E-state index in [1.807, 2.05) is 0 Å². The smallest absolute Gasteiger partial charge is 0.359 e. The van der Waals surface area contributed by atoms with E-state index in [1.54, 1.807) is 36.0 Å². The summed E-state index contributed by atoms with van der Waals surface area (Å²) in [6, 6.07) is 3.41. The fraction of sp³-hybridized carbons (Fsp3) is 0.200. The normalized spacial score (nSPS) is 10.5. The van der Waals surface area contributed by atoms with E-state index in [4.69, 9.17) is 16.3 Å². The van der Waals surface area contributed by atoms with Crippen LogP contribution in [0.2, 0.25) is 5.02 Å². The first-order valence-corrected chi connectivity index (χ1v) is 4.89. The van der Waals surface area contributed by atoms with Gasteiger partial charge in [-0.3, -0.25) is 0 Å². The van der Waals surface area contributed by atoms with Crippen molar-refractivity contribution in [3.63, 3.8) is 0 Å². The molecule has 0 saturated heterocycles. The number of hydrogen-bond donors (Lipinski definition) is 0. The van der Waals surface area contributed by atoms with Gasteiger partial charge >= 0.3 is 5.97 Å². The molecule has 0 saturated carbocycles. The number of aromatic nitrogens is 2. The molecule has 0 aliphatic heterocycles. The van der Waals surface area contributed by atoms with Gasteiger partial charge < -0.3 is 9.14 Å². The van der Waals surface area contributed by atoms with Crippen molar-refractivity contribution in [1.82, 2.24) is 9.38 Å². The number of hydrogen-bond acceptors (Lipinski definition) is 3. The minimum absolute atomic E-state index is 0.291. The summed E-state index contributed by atoms with van der Waals surface area (Å²) in [5.74, 6) is -0.428. The molecule has 15 heavy (non-hydrogen) atoms. The third kappa shape index (κ3) is 1.80. The van der Waals surface area contributed by atoms with Crippen molar-refractivity contribution in [2.24, 2.45) is 0 Å². The zero-order chi connectivity index (χ0) is 10.8. The second kappa shape index (κ2) is 3.90. The van der Waals surface area contributed by atoms with Gasteiger partial charge in [-0.05, 0) is 19.1 Å². The van der Waals surface area contributed by atoms with Crippen molar-refractivity contribution >= 4 is 23.1 Å². The molecule has 0 fully saturated rings. The summed E-state index contributed by atoms with van der Waals surface area (Å²) in [4.78, 5) is 15.5. The predicted octanol–water partition coefficient (Wildman–Crippen LogP) is 2.16. The Kier molecular flexibility index (Phi) is 2.60. The Morgan fingerprint density at radius 2 is 2.47 bits per heavy atom. The van der Waals surface area contributed by atoms with Crippen LogP contribution in [-0.4, -0.2) is 22.0 Å². The molecule has 0 atom stereocenters. The number of fused-ring (bicyclic) bond motifs is 1. The van der Waals surface area contributed by atoms with Gasteiger partial charge in [-0.2, -0.15) is 0 Å². The second-order valence-corrected chi connectivity index (χ2v) is 3.39. The van der Waals surface area contributed by atoms with E-state index in [0.717, 1.165) is 0 Å². The van der Waals surface area contributed by atoms with E-state index < -0.39 is 5.97 Å². The molecule has 5 heteroatoms. The molecule has 2 rings (SSSR count). The standard InChI is InChI=1S/C10H9ClN2O2/c1-2-15-10(14)9-8-5-7(11)3-4-13(8)6-12-9/h3-6H,2H2,1H3. The molecule has 2 heterocycles. The lowest BCUT2D eigenvalue weighted by atomic mass is 10.3. The average Bonchev–Trinajstić information content (AvgIpc) is 2.60. The molecule has 0 radical (unpaired) electrons. The number of esters is 1. The maximum Gasteiger partial charge on any atom is 0.359 e. The molecule has 0 aliphatic carbocycles. The lowest BCUT2D eigenvalue weighted by Gasteiger charge is -1.99. The SMILES string of the molecule is CCOC(=O)c1ncn2ccc(Cl)cc12. The van der Waals surface area contributed by atoms with E-state index in [1.165, 1.54) is 0 Å². The van der Waals surface area contributed by atoms with Crippen LogP contribution in [0.25, 0.3) is 5.52 Å². The number of carbonyl (C=O) groups is 1. The molecular weight excluding hydrogens is 216 g/mol. The lowest BCUT2D eigenvalue weighted by molar-refractivity contribution is 0.0522. The maximum atomic E-state index is 11.5. The van der Waals surface area contributed by atoms with Crippen LogP contribution in [0.5, 0.6) is 0 Å². The molecule has 0 spiro atoms. The first kappa shape index (κ1) is 9.98. The highest BCUT2D eigenvalue weighted by atomic mass is 35.5. The molecule has 4 nitrogen and oxygen atoms in total. The molecule has 0 aliphatic rings. The highest BCUT2D eigenvalue weighted by Gasteiger charge is 2.14. The number of halogens is 1. The number of pyridine rings is 1. The number of nitrogens with zero attached hydrogens (tertiary/aromatic N) is 2. The summed E-state index contributed by atoms with van der Waals surface area (Å²) in [6.45, 7) is 2.08. The van der Waals surface area contributed by atoms with E-state index >= 15 is 0 Å². The number of imidazole rings is 1. The van der Waals surface area contributed by atoms with Gasteiger partial charge in [0, 0.05) is 11.2 Å². The van der Waals surface area contributed by atoms with Gasteiger partial charge in [-0.25, -0.2) is 9.78 Å². The third-order valence-electron chi connectivity index (χ3n) is 1.97. The van der Waals surface area contributed by atoms with Crippen LogP contribution in [0.15, 0.2) is 24.7 Å². The van der Waals surface area contributed by atoms with Gasteiger partial charge in [0.05, 0.1) is 12.1 Å². The molecule has 78 valence electrons. The average molecular weight is 225 g/mol. The van der Waals surface area contributed by atoms with Crippen molar-refractivity contribution in [1.29, 1.82) is 0 Å². The van der Waals surface area contributed by atoms with E-state index in [2.05, 4.69) is 4.98 Å². The van der Waals surface area contributed by atoms with Gasteiger partial charge in [0.15, 0.2) is 5.69 Å². The molecule has 0 unspecified atom stereocenters. The Labute approximate surface area is 91.4 Å². The van der Waals surface area contributed by atoms with Crippen LogP contribution in [0.4, 0.5) is 0 Å². The van der Waals surface area contributed by atoms with Crippen molar-refractivity contribution < 1.29 is 9.53 Å². The quantitative estimate of drug-likeness (QED) is 0.735. The molecule has 2 aromatic heterocycles. The summed E-state index contributed by atoms with van der Waals surface area (Å²) in [6.07, 6.45) is 3.30. The first-order valence-electron chi connectivity index (χ1n) is 4.51. The van der Waals surface area contributed by atoms with Crippen molar-refractivity contribution in [2.75, 3.05) is 6.61 Å². The largest absolute Gasteiger partial charge is 0.461 e. The minimum atomic E-state index is -0.428. The molecule has 0 amide bonds. The monoisotopic (exact) mass is 224 g/mol. The molecule has 0 aromatic carbocycles. The fourth-order valence-corrected chi connectivity index (χ4v) is 1.48. The summed E-state index contributed by atoms with van der Waals surface area (Å²) in [5, 5.41) is 0.563.